The van der Waals surface area contributed by atoms with Gasteiger partial charge in [-0.2, -0.15) is 4.98 Å². The van der Waals surface area contributed by atoms with Gasteiger partial charge in [0.2, 0.25) is 5.95 Å². The summed E-state index contributed by atoms with van der Waals surface area (Å²) in [6.45, 7) is 0. The van der Waals surface area contributed by atoms with Crippen LogP contribution in [0.25, 0.3) is 11.3 Å². The maximum atomic E-state index is 5.39. The Kier molecular flexibility index (Phi) is 6.32. The Morgan fingerprint density at radius 3 is 2.20 bits per heavy atom. The highest BCUT2D eigenvalue weighted by molar-refractivity contribution is 5.68. The molecule has 0 unspecified atom stereocenters. The molecule has 0 radical (unpaired) electrons. The lowest BCUT2D eigenvalue weighted by Gasteiger charge is -2.23. The Bertz CT molecular complexity index is 950. The van der Waals surface area contributed by atoms with Crippen molar-refractivity contribution in [3.05, 3.63) is 54.6 Å². The molecule has 0 saturated heterocycles. The molecule has 30 heavy (non-hydrogen) atoms. The maximum absolute atomic E-state index is 5.39. The first-order valence-corrected chi connectivity index (χ1v) is 10.4. The molecule has 0 bridgehead atoms. The zero-order chi connectivity index (χ0) is 20.8. The minimum atomic E-state index is 0.425. The molecule has 156 valence electrons. The third-order valence-corrected chi connectivity index (χ3v) is 5.36. The van der Waals surface area contributed by atoms with Crippen molar-refractivity contribution in [2.45, 2.75) is 38.1 Å². The van der Waals surface area contributed by atoms with E-state index in [4.69, 9.17) is 19.4 Å². The molecule has 0 atom stereocenters. The highest BCUT2D eigenvalue weighted by atomic mass is 16.5. The van der Waals surface area contributed by atoms with Crippen molar-refractivity contribution in [3.8, 4) is 22.8 Å². The summed E-state index contributed by atoms with van der Waals surface area (Å²) in [6.07, 6.45) is 6.15. The van der Waals surface area contributed by atoms with Gasteiger partial charge in [-0.15, -0.1) is 0 Å². The highest BCUT2D eigenvalue weighted by Gasteiger charge is 2.16. The van der Waals surface area contributed by atoms with E-state index in [0.29, 0.717) is 12.0 Å². The average molecular weight is 405 g/mol. The third kappa shape index (κ3) is 5.00. The van der Waals surface area contributed by atoms with Crippen LogP contribution in [0.3, 0.4) is 0 Å². The van der Waals surface area contributed by atoms with E-state index in [9.17, 15) is 0 Å². The van der Waals surface area contributed by atoms with Crippen molar-refractivity contribution >= 4 is 17.5 Å². The van der Waals surface area contributed by atoms with Crippen LogP contribution in [0.2, 0.25) is 0 Å². The van der Waals surface area contributed by atoms with Gasteiger partial charge >= 0.3 is 0 Å². The van der Waals surface area contributed by atoms with E-state index in [1.165, 1.54) is 19.3 Å². The number of methoxy groups -OCH3 is 2. The van der Waals surface area contributed by atoms with Gasteiger partial charge in [-0.05, 0) is 12.8 Å². The van der Waals surface area contributed by atoms with E-state index < -0.39 is 0 Å². The topological polar surface area (TPSA) is 68.3 Å². The number of nitrogens with one attached hydrogen (secondary N) is 2. The minimum absolute atomic E-state index is 0.425. The summed E-state index contributed by atoms with van der Waals surface area (Å²) in [5.74, 6) is 2.81. The summed E-state index contributed by atoms with van der Waals surface area (Å²) < 4.78 is 10.8. The zero-order valence-electron chi connectivity index (χ0n) is 17.5. The van der Waals surface area contributed by atoms with Crippen molar-refractivity contribution in [3.63, 3.8) is 0 Å². The number of benzene rings is 2. The van der Waals surface area contributed by atoms with E-state index in [1.54, 1.807) is 14.2 Å². The van der Waals surface area contributed by atoms with Crippen LogP contribution in [0.4, 0.5) is 17.5 Å². The van der Waals surface area contributed by atoms with Gasteiger partial charge < -0.3 is 20.1 Å². The van der Waals surface area contributed by atoms with Crippen LogP contribution in [0.5, 0.6) is 11.5 Å². The summed E-state index contributed by atoms with van der Waals surface area (Å²) in [5, 5.41) is 6.94. The van der Waals surface area contributed by atoms with Crippen LogP contribution in [-0.2, 0) is 0 Å². The van der Waals surface area contributed by atoms with Gasteiger partial charge in [0, 0.05) is 41.6 Å². The third-order valence-electron chi connectivity index (χ3n) is 5.36. The van der Waals surface area contributed by atoms with Crippen LogP contribution in [-0.4, -0.2) is 30.2 Å². The second-order valence-corrected chi connectivity index (χ2v) is 7.53. The molecule has 1 aliphatic rings. The first kappa shape index (κ1) is 20.0. The molecule has 3 aromatic rings. The molecular weight excluding hydrogens is 376 g/mol. The predicted octanol–water partition coefficient (Wildman–Crippen LogP) is 5.65. The molecule has 2 N–H and O–H groups in total. The number of ether oxygens (including phenoxy) is 2. The number of anilines is 3. The van der Waals surface area contributed by atoms with E-state index >= 15 is 0 Å². The van der Waals surface area contributed by atoms with Crippen LogP contribution in [0.1, 0.15) is 32.1 Å². The number of nitrogens with zero attached hydrogens (tertiary/aromatic N) is 2. The van der Waals surface area contributed by atoms with Crippen molar-refractivity contribution in [1.82, 2.24) is 9.97 Å². The maximum Gasteiger partial charge on any atom is 0.225 e. The fourth-order valence-electron chi connectivity index (χ4n) is 3.79. The molecule has 6 nitrogen and oxygen atoms in total. The first-order valence-electron chi connectivity index (χ1n) is 10.4. The summed E-state index contributed by atoms with van der Waals surface area (Å²) in [6, 6.07) is 18.2. The SMILES string of the molecule is COc1cc(Nc2cc(-c3ccccc3)nc(NC3CCCCC3)n2)cc(OC)c1. The molecule has 0 spiro atoms. The van der Waals surface area contributed by atoms with Gasteiger partial charge in [0.15, 0.2) is 0 Å². The first-order chi connectivity index (χ1) is 14.7. The van der Waals surface area contributed by atoms with Crippen molar-refractivity contribution in [2.24, 2.45) is 0 Å². The number of aromatic nitrogens is 2. The average Bonchev–Trinajstić information content (AvgIpc) is 2.80. The summed E-state index contributed by atoms with van der Waals surface area (Å²) in [4.78, 5) is 9.54. The van der Waals surface area contributed by atoms with Gasteiger partial charge in [0.05, 0.1) is 19.9 Å². The van der Waals surface area contributed by atoms with E-state index in [2.05, 4.69) is 22.8 Å². The van der Waals surface area contributed by atoms with Crippen molar-refractivity contribution in [2.75, 3.05) is 24.9 Å². The molecule has 0 amide bonds. The second kappa shape index (κ2) is 9.48. The largest absolute Gasteiger partial charge is 0.497 e. The number of rotatable bonds is 7. The van der Waals surface area contributed by atoms with Gasteiger partial charge in [-0.1, -0.05) is 49.6 Å². The fraction of sp³-hybridized carbons (Fsp3) is 0.333. The Hall–Kier alpha value is -3.28. The van der Waals surface area contributed by atoms with Gasteiger partial charge in [-0.3, -0.25) is 0 Å². The van der Waals surface area contributed by atoms with E-state index in [-0.39, 0.29) is 0 Å². The molecule has 1 fully saturated rings. The monoisotopic (exact) mass is 404 g/mol. The normalized spacial score (nSPS) is 14.2. The summed E-state index contributed by atoms with van der Waals surface area (Å²) >= 11 is 0. The highest BCUT2D eigenvalue weighted by Crippen LogP contribution is 2.30. The quantitative estimate of drug-likeness (QED) is 0.530. The van der Waals surface area contributed by atoms with Gasteiger partial charge in [-0.25, -0.2) is 4.98 Å². The Morgan fingerprint density at radius 2 is 1.53 bits per heavy atom. The van der Waals surface area contributed by atoms with Crippen LogP contribution < -0.4 is 20.1 Å². The lowest BCUT2D eigenvalue weighted by Crippen LogP contribution is -2.23. The standard InChI is InChI=1S/C24H28N4O2/c1-29-20-13-19(14-21(15-20)30-2)25-23-16-22(17-9-5-3-6-10-17)27-24(28-23)26-18-11-7-4-8-12-18/h3,5-6,9-10,13-16,18H,4,7-8,11-12H2,1-2H3,(H2,25,26,27,28). The number of hydrogen-bond donors (Lipinski definition) is 2. The second-order valence-electron chi connectivity index (χ2n) is 7.53. The van der Waals surface area contributed by atoms with Crippen LogP contribution in [0, 0.1) is 0 Å². The van der Waals surface area contributed by atoms with Gasteiger partial charge in [0.1, 0.15) is 17.3 Å². The van der Waals surface area contributed by atoms with E-state index in [0.717, 1.165) is 47.1 Å². The van der Waals surface area contributed by atoms with Crippen molar-refractivity contribution in [1.29, 1.82) is 0 Å². The molecule has 6 heteroatoms. The molecule has 1 heterocycles. The molecular formula is C24H28N4O2. The molecule has 1 aromatic heterocycles. The molecule has 1 aliphatic carbocycles. The predicted molar refractivity (Wildman–Crippen MR) is 121 cm³/mol. The Balaban J connectivity index is 1.66. The lowest BCUT2D eigenvalue weighted by molar-refractivity contribution is 0.395. The summed E-state index contributed by atoms with van der Waals surface area (Å²) in [5.41, 5.74) is 2.77. The molecule has 4 rings (SSSR count). The Morgan fingerprint density at radius 1 is 0.833 bits per heavy atom. The van der Waals surface area contributed by atoms with Crippen LogP contribution >= 0.6 is 0 Å². The zero-order valence-corrected chi connectivity index (χ0v) is 17.5. The Labute approximate surface area is 177 Å². The molecule has 2 aromatic carbocycles. The molecule has 1 saturated carbocycles. The number of hydrogen-bond acceptors (Lipinski definition) is 6. The van der Waals surface area contributed by atoms with E-state index in [1.807, 2.05) is 42.5 Å². The minimum Gasteiger partial charge on any atom is -0.497 e. The lowest BCUT2D eigenvalue weighted by atomic mass is 9.96. The molecule has 0 aliphatic heterocycles. The van der Waals surface area contributed by atoms with Crippen LogP contribution in [0.15, 0.2) is 54.6 Å². The summed E-state index contributed by atoms with van der Waals surface area (Å²) in [7, 11) is 3.28. The van der Waals surface area contributed by atoms with Crippen molar-refractivity contribution < 1.29 is 9.47 Å². The fourth-order valence-corrected chi connectivity index (χ4v) is 3.79. The smallest absolute Gasteiger partial charge is 0.225 e. The van der Waals surface area contributed by atoms with Gasteiger partial charge in [0.25, 0.3) is 0 Å².